The van der Waals surface area contributed by atoms with Crippen LogP contribution in [0.1, 0.15) is 12.0 Å². The number of halogens is 2. The maximum absolute atomic E-state index is 13.4. The van der Waals surface area contributed by atoms with E-state index in [1.54, 1.807) is 6.92 Å². The number of anilines is 1. The van der Waals surface area contributed by atoms with Gasteiger partial charge in [0.1, 0.15) is 11.6 Å². The molecule has 0 amide bonds. The predicted octanol–water partition coefficient (Wildman–Crippen LogP) is 2.05. The van der Waals surface area contributed by atoms with Gasteiger partial charge >= 0.3 is 0 Å². The minimum atomic E-state index is -0.388. The SMILES string of the molecule is Cc1cc(F)c(NC2CCNC2)cc1F. The Hall–Kier alpha value is -1.16. The molecule has 0 bridgehead atoms. The summed E-state index contributed by atoms with van der Waals surface area (Å²) in [6.45, 7) is 3.28. The monoisotopic (exact) mass is 212 g/mol. The van der Waals surface area contributed by atoms with Gasteiger partial charge in [-0.15, -0.1) is 0 Å². The fourth-order valence-electron chi connectivity index (χ4n) is 1.75. The van der Waals surface area contributed by atoms with Crippen LogP contribution in [-0.4, -0.2) is 19.1 Å². The van der Waals surface area contributed by atoms with E-state index in [0.717, 1.165) is 19.5 Å². The summed E-state index contributed by atoms with van der Waals surface area (Å²) in [4.78, 5) is 0. The summed E-state index contributed by atoms with van der Waals surface area (Å²) in [5.41, 5.74) is 0.592. The molecule has 1 saturated heterocycles. The Morgan fingerprint density at radius 1 is 1.33 bits per heavy atom. The van der Waals surface area contributed by atoms with Crippen LogP contribution in [0.4, 0.5) is 14.5 Å². The molecule has 1 aromatic rings. The summed E-state index contributed by atoms with van der Waals surface area (Å²) in [6, 6.07) is 2.64. The maximum Gasteiger partial charge on any atom is 0.146 e. The van der Waals surface area contributed by atoms with Crippen LogP contribution in [0.2, 0.25) is 0 Å². The molecule has 2 N–H and O–H groups in total. The summed E-state index contributed by atoms with van der Waals surface area (Å²) in [5, 5.41) is 6.16. The number of hydrogen-bond donors (Lipinski definition) is 2. The number of benzene rings is 1. The Morgan fingerprint density at radius 3 is 2.80 bits per heavy atom. The molecule has 1 aliphatic heterocycles. The third-order valence-corrected chi connectivity index (χ3v) is 2.67. The van der Waals surface area contributed by atoms with Gasteiger partial charge in [0.2, 0.25) is 0 Å². The molecule has 1 heterocycles. The quantitative estimate of drug-likeness (QED) is 0.784. The molecule has 1 atom stereocenters. The molecule has 1 aliphatic rings. The van der Waals surface area contributed by atoms with Gasteiger partial charge in [0.15, 0.2) is 0 Å². The van der Waals surface area contributed by atoms with Gasteiger partial charge in [-0.25, -0.2) is 8.78 Å². The van der Waals surface area contributed by atoms with Crippen LogP contribution in [0.5, 0.6) is 0 Å². The smallest absolute Gasteiger partial charge is 0.146 e. The lowest BCUT2D eigenvalue weighted by molar-refractivity contribution is 0.592. The van der Waals surface area contributed by atoms with Gasteiger partial charge in [-0.2, -0.15) is 0 Å². The lowest BCUT2D eigenvalue weighted by Gasteiger charge is -2.14. The Morgan fingerprint density at radius 2 is 2.13 bits per heavy atom. The fraction of sp³-hybridized carbons (Fsp3) is 0.455. The second-order valence-corrected chi connectivity index (χ2v) is 3.92. The highest BCUT2D eigenvalue weighted by molar-refractivity contribution is 5.47. The van der Waals surface area contributed by atoms with Gasteiger partial charge in [-0.05, 0) is 31.5 Å². The lowest BCUT2D eigenvalue weighted by atomic mass is 10.2. The van der Waals surface area contributed by atoms with E-state index in [4.69, 9.17) is 0 Å². The largest absolute Gasteiger partial charge is 0.379 e. The zero-order valence-electron chi connectivity index (χ0n) is 8.61. The van der Waals surface area contributed by atoms with Crippen molar-refractivity contribution >= 4 is 5.69 Å². The molecular formula is C11H14F2N2. The molecule has 0 saturated carbocycles. The molecule has 2 rings (SSSR count). The molecule has 0 aromatic heterocycles. The average molecular weight is 212 g/mol. The third kappa shape index (κ3) is 2.26. The van der Waals surface area contributed by atoms with E-state index in [1.807, 2.05) is 0 Å². The molecule has 0 radical (unpaired) electrons. The first kappa shape index (κ1) is 10.4. The van der Waals surface area contributed by atoms with Gasteiger partial charge in [-0.3, -0.25) is 0 Å². The van der Waals surface area contributed by atoms with E-state index < -0.39 is 0 Å². The van der Waals surface area contributed by atoms with Gasteiger partial charge in [0.25, 0.3) is 0 Å². The highest BCUT2D eigenvalue weighted by Crippen LogP contribution is 2.20. The molecule has 0 spiro atoms. The Balaban J connectivity index is 2.16. The Labute approximate surface area is 87.7 Å². The van der Waals surface area contributed by atoms with Crippen molar-refractivity contribution in [2.75, 3.05) is 18.4 Å². The Bertz CT molecular complexity index is 360. The number of hydrogen-bond acceptors (Lipinski definition) is 2. The van der Waals surface area contributed by atoms with E-state index in [0.29, 0.717) is 5.56 Å². The average Bonchev–Trinajstić information content (AvgIpc) is 2.67. The van der Waals surface area contributed by atoms with Crippen molar-refractivity contribution in [3.8, 4) is 0 Å². The summed E-state index contributed by atoms with van der Waals surface area (Å²) in [7, 11) is 0. The van der Waals surface area contributed by atoms with E-state index in [2.05, 4.69) is 10.6 Å². The minimum Gasteiger partial charge on any atom is -0.379 e. The molecule has 4 heteroatoms. The first-order valence-electron chi connectivity index (χ1n) is 5.09. The van der Waals surface area contributed by atoms with Crippen LogP contribution in [0, 0.1) is 18.6 Å². The molecular weight excluding hydrogens is 198 g/mol. The van der Waals surface area contributed by atoms with E-state index in [-0.39, 0.29) is 23.4 Å². The molecule has 1 fully saturated rings. The van der Waals surface area contributed by atoms with Crippen LogP contribution in [-0.2, 0) is 0 Å². The van der Waals surface area contributed by atoms with Crippen molar-refractivity contribution in [1.82, 2.24) is 5.32 Å². The minimum absolute atomic E-state index is 0.196. The van der Waals surface area contributed by atoms with Crippen molar-refractivity contribution in [2.24, 2.45) is 0 Å². The van der Waals surface area contributed by atoms with E-state index in [9.17, 15) is 8.78 Å². The van der Waals surface area contributed by atoms with Gasteiger partial charge in [-0.1, -0.05) is 0 Å². The van der Waals surface area contributed by atoms with Crippen LogP contribution >= 0.6 is 0 Å². The van der Waals surface area contributed by atoms with Crippen LogP contribution in [0.15, 0.2) is 12.1 Å². The first-order chi connectivity index (χ1) is 7.16. The van der Waals surface area contributed by atoms with Gasteiger partial charge < -0.3 is 10.6 Å². The molecule has 1 aromatic carbocycles. The molecule has 2 nitrogen and oxygen atoms in total. The van der Waals surface area contributed by atoms with Crippen molar-refractivity contribution in [3.05, 3.63) is 29.3 Å². The van der Waals surface area contributed by atoms with Crippen LogP contribution in [0.25, 0.3) is 0 Å². The Kier molecular flexibility index (Phi) is 2.86. The maximum atomic E-state index is 13.4. The second kappa shape index (κ2) is 4.14. The third-order valence-electron chi connectivity index (χ3n) is 2.67. The fourth-order valence-corrected chi connectivity index (χ4v) is 1.75. The standard InChI is InChI=1S/C11H14F2N2/c1-7-4-10(13)11(5-9(7)12)15-8-2-3-14-6-8/h4-5,8,14-15H,2-3,6H2,1H3. The number of rotatable bonds is 2. The molecule has 15 heavy (non-hydrogen) atoms. The summed E-state index contributed by atoms with van der Waals surface area (Å²) in [5.74, 6) is -0.759. The second-order valence-electron chi connectivity index (χ2n) is 3.92. The topological polar surface area (TPSA) is 24.1 Å². The van der Waals surface area contributed by atoms with Gasteiger partial charge in [0, 0.05) is 18.7 Å². The lowest BCUT2D eigenvalue weighted by Crippen LogP contribution is -2.22. The van der Waals surface area contributed by atoms with Gasteiger partial charge in [0.05, 0.1) is 5.69 Å². The van der Waals surface area contributed by atoms with Crippen molar-refractivity contribution in [2.45, 2.75) is 19.4 Å². The highest BCUT2D eigenvalue weighted by Gasteiger charge is 2.16. The van der Waals surface area contributed by atoms with Crippen molar-refractivity contribution in [1.29, 1.82) is 0 Å². The predicted molar refractivity (Wildman–Crippen MR) is 56.0 cm³/mol. The van der Waals surface area contributed by atoms with E-state index >= 15 is 0 Å². The summed E-state index contributed by atoms with van der Waals surface area (Å²) in [6.07, 6.45) is 0.939. The van der Waals surface area contributed by atoms with Crippen molar-refractivity contribution < 1.29 is 8.78 Å². The summed E-state index contributed by atoms with van der Waals surface area (Å²) >= 11 is 0. The normalized spacial score (nSPS) is 20.6. The van der Waals surface area contributed by atoms with E-state index in [1.165, 1.54) is 12.1 Å². The number of nitrogens with one attached hydrogen (secondary N) is 2. The highest BCUT2D eigenvalue weighted by atomic mass is 19.1. The molecule has 1 unspecified atom stereocenters. The van der Waals surface area contributed by atoms with Crippen LogP contribution < -0.4 is 10.6 Å². The zero-order valence-corrected chi connectivity index (χ0v) is 8.61. The molecule has 0 aliphatic carbocycles. The zero-order chi connectivity index (χ0) is 10.8. The first-order valence-corrected chi connectivity index (χ1v) is 5.09. The van der Waals surface area contributed by atoms with Crippen molar-refractivity contribution in [3.63, 3.8) is 0 Å². The van der Waals surface area contributed by atoms with Crippen LogP contribution in [0.3, 0.4) is 0 Å². The number of aryl methyl sites for hydroxylation is 1. The molecule has 82 valence electrons. The summed E-state index contributed by atoms with van der Waals surface area (Å²) < 4.78 is 26.6.